The molecule has 1 aromatic rings. The second-order valence-electron chi connectivity index (χ2n) is 2.20. The first kappa shape index (κ1) is 6.69. The van der Waals surface area contributed by atoms with Gasteiger partial charge in [-0.15, -0.1) is 0 Å². The molecule has 0 saturated heterocycles. The number of hydrogen-bond donors (Lipinski definition) is 0. The van der Waals surface area contributed by atoms with Crippen molar-refractivity contribution in [1.82, 2.24) is 4.98 Å². The molecular weight excluding hydrogens is 126 g/mol. The first-order valence-corrected chi connectivity index (χ1v) is 3.02. The minimum Gasteiger partial charge on any atom is -0.253 e. The van der Waals surface area contributed by atoms with Crippen LogP contribution in [0.5, 0.6) is 0 Å². The third-order valence-electron chi connectivity index (χ3n) is 1.44. The van der Waals surface area contributed by atoms with E-state index < -0.39 is 0 Å². The molecule has 0 aliphatic rings. The molecule has 0 aliphatic heterocycles. The average Bonchev–Trinajstić information content (AvgIpc) is 1.95. The van der Waals surface area contributed by atoms with Gasteiger partial charge in [0, 0.05) is 11.8 Å². The summed E-state index contributed by atoms with van der Waals surface area (Å²) in [5.74, 6) is 0. The van der Waals surface area contributed by atoms with E-state index in [0.717, 1.165) is 11.3 Å². The minimum atomic E-state index is 0.503. The summed E-state index contributed by atoms with van der Waals surface area (Å²) in [5.41, 5.74) is 2.51. The zero-order chi connectivity index (χ0) is 7.56. The van der Waals surface area contributed by atoms with Crippen molar-refractivity contribution in [3.63, 3.8) is 0 Å². The summed E-state index contributed by atoms with van der Waals surface area (Å²) < 4.78 is 0. The molecule has 0 bridgehead atoms. The van der Waals surface area contributed by atoms with Crippen molar-refractivity contribution in [2.24, 2.45) is 0 Å². The van der Waals surface area contributed by atoms with Gasteiger partial charge in [0.25, 0.3) is 0 Å². The standard InChI is InChI=1S/C7H8N3/c1-5-3-7(10-8)4-9-6(5)2/h3-4H,1-2H3/q+1. The number of aryl methyl sites for hydroxylation is 2. The quantitative estimate of drug-likeness (QED) is 0.510. The Kier molecular flexibility index (Phi) is 1.63. The lowest BCUT2D eigenvalue weighted by molar-refractivity contribution is 1.15. The van der Waals surface area contributed by atoms with Gasteiger partial charge in [-0.3, -0.25) is 4.98 Å². The Hall–Kier alpha value is -1.43. The fraction of sp³-hybridized carbons (Fsp3) is 0.286. The summed E-state index contributed by atoms with van der Waals surface area (Å²) in [6.45, 7) is 3.84. The van der Waals surface area contributed by atoms with Crippen LogP contribution in [0.3, 0.4) is 0 Å². The molecule has 0 saturated carbocycles. The van der Waals surface area contributed by atoms with Crippen molar-refractivity contribution >= 4 is 5.69 Å². The maximum Gasteiger partial charge on any atom is 0.403 e. The van der Waals surface area contributed by atoms with Crippen molar-refractivity contribution in [3.8, 4) is 0 Å². The first-order chi connectivity index (χ1) is 4.74. The summed E-state index contributed by atoms with van der Waals surface area (Å²) in [5, 5.41) is 8.34. The van der Waals surface area contributed by atoms with Gasteiger partial charge in [-0.05, 0) is 19.4 Å². The van der Waals surface area contributed by atoms with Crippen LogP contribution in [0.4, 0.5) is 5.69 Å². The third-order valence-corrected chi connectivity index (χ3v) is 1.44. The van der Waals surface area contributed by atoms with Gasteiger partial charge < -0.3 is 0 Å². The molecule has 3 nitrogen and oxygen atoms in total. The van der Waals surface area contributed by atoms with Gasteiger partial charge in [-0.1, -0.05) is 0 Å². The smallest absolute Gasteiger partial charge is 0.253 e. The van der Waals surface area contributed by atoms with Crippen LogP contribution in [0, 0.1) is 19.2 Å². The normalized spacial score (nSPS) is 8.90. The average molecular weight is 134 g/mol. The molecule has 1 aromatic heterocycles. The molecular formula is C7H8N3+. The monoisotopic (exact) mass is 134 g/mol. The van der Waals surface area contributed by atoms with Gasteiger partial charge >= 0.3 is 5.69 Å². The molecule has 0 fully saturated rings. The maximum absolute atomic E-state index is 8.34. The molecule has 0 unspecified atom stereocenters. The van der Waals surface area contributed by atoms with Crippen LogP contribution in [0.15, 0.2) is 12.3 Å². The Bertz CT molecular complexity index is 285. The number of pyridine rings is 1. The fourth-order valence-electron chi connectivity index (χ4n) is 0.683. The summed E-state index contributed by atoms with van der Waals surface area (Å²) in [7, 11) is 0. The van der Waals surface area contributed by atoms with E-state index in [1.54, 1.807) is 6.07 Å². The van der Waals surface area contributed by atoms with Gasteiger partial charge in [-0.2, -0.15) is 0 Å². The Balaban J connectivity index is 3.20. The molecule has 0 radical (unpaired) electrons. The molecule has 0 aromatic carbocycles. The summed E-state index contributed by atoms with van der Waals surface area (Å²) in [6.07, 6.45) is 1.53. The van der Waals surface area contributed by atoms with Crippen LogP contribution in [-0.4, -0.2) is 4.98 Å². The topological polar surface area (TPSA) is 41.0 Å². The summed E-state index contributed by atoms with van der Waals surface area (Å²) in [4.78, 5) is 7.01. The fourth-order valence-corrected chi connectivity index (χ4v) is 0.683. The molecule has 0 amide bonds. The lowest BCUT2D eigenvalue weighted by atomic mass is 10.2. The molecule has 0 atom stereocenters. The van der Waals surface area contributed by atoms with Gasteiger partial charge in [-0.25, -0.2) is 0 Å². The Morgan fingerprint density at radius 2 is 2.20 bits per heavy atom. The van der Waals surface area contributed by atoms with Crippen LogP contribution < -0.4 is 0 Å². The van der Waals surface area contributed by atoms with E-state index >= 15 is 0 Å². The van der Waals surface area contributed by atoms with Crippen molar-refractivity contribution in [2.75, 3.05) is 0 Å². The van der Waals surface area contributed by atoms with E-state index in [9.17, 15) is 0 Å². The summed E-state index contributed by atoms with van der Waals surface area (Å²) in [6, 6.07) is 1.78. The number of diazo groups is 1. The highest BCUT2D eigenvalue weighted by atomic mass is 14.9. The predicted molar refractivity (Wildman–Crippen MR) is 38.5 cm³/mol. The molecule has 1 rings (SSSR count). The number of rotatable bonds is 0. The predicted octanol–water partition coefficient (Wildman–Crippen LogP) is 2.18. The molecule has 3 heteroatoms. The van der Waals surface area contributed by atoms with Crippen LogP contribution in [0.2, 0.25) is 0 Å². The van der Waals surface area contributed by atoms with E-state index in [-0.39, 0.29) is 0 Å². The van der Waals surface area contributed by atoms with Gasteiger partial charge in [0.2, 0.25) is 5.39 Å². The number of hydrogen-bond acceptors (Lipinski definition) is 2. The van der Waals surface area contributed by atoms with Gasteiger partial charge in [0.05, 0.1) is 0 Å². The molecule has 0 spiro atoms. The Morgan fingerprint density at radius 1 is 1.50 bits per heavy atom. The van der Waals surface area contributed by atoms with Crippen LogP contribution in [0.25, 0.3) is 4.98 Å². The van der Waals surface area contributed by atoms with Gasteiger partial charge in [0.1, 0.15) is 6.20 Å². The van der Waals surface area contributed by atoms with Crippen molar-refractivity contribution < 1.29 is 0 Å². The highest BCUT2D eigenvalue weighted by Crippen LogP contribution is 2.13. The van der Waals surface area contributed by atoms with E-state index in [1.807, 2.05) is 13.8 Å². The SMILES string of the molecule is Cc1cc([N+]#N)cnc1C. The highest BCUT2D eigenvalue weighted by molar-refractivity contribution is 5.44. The molecule has 0 N–H and O–H groups in total. The van der Waals surface area contributed by atoms with Crippen molar-refractivity contribution in [3.05, 3.63) is 28.5 Å². The minimum absolute atomic E-state index is 0.503. The largest absolute Gasteiger partial charge is 0.403 e. The molecule has 1 heterocycles. The van der Waals surface area contributed by atoms with Crippen LogP contribution >= 0.6 is 0 Å². The maximum atomic E-state index is 8.34. The first-order valence-electron chi connectivity index (χ1n) is 3.02. The Labute approximate surface area is 59.3 Å². The Morgan fingerprint density at radius 3 is 2.70 bits per heavy atom. The molecule has 50 valence electrons. The zero-order valence-corrected chi connectivity index (χ0v) is 6.00. The summed E-state index contributed by atoms with van der Waals surface area (Å²) >= 11 is 0. The van der Waals surface area contributed by atoms with Gasteiger partial charge in [0.15, 0.2) is 4.98 Å². The third kappa shape index (κ3) is 1.11. The van der Waals surface area contributed by atoms with Crippen LogP contribution in [0.1, 0.15) is 11.3 Å². The lowest BCUT2D eigenvalue weighted by Gasteiger charge is -1.91. The highest BCUT2D eigenvalue weighted by Gasteiger charge is 2.04. The molecule has 10 heavy (non-hydrogen) atoms. The second-order valence-corrected chi connectivity index (χ2v) is 2.20. The van der Waals surface area contributed by atoms with Crippen LogP contribution in [-0.2, 0) is 0 Å². The number of nitrogens with zero attached hydrogens (tertiary/aromatic N) is 3. The number of aromatic nitrogens is 1. The van der Waals surface area contributed by atoms with E-state index in [1.165, 1.54) is 6.20 Å². The van der Waals surface area contributed by atoms with E-state index in [4.69, 9.17) is 5.39 Å². The zero-order valence-electron chi connectivity index (χ0n) is 6.00. The van der Waals surface area contributed by atoms with Crippen molar-refractivity contribution in [1.29, 1.82) is 5.39 Å². The molecule has 0 aliphatic carbocycles. The second kappa shape index (κ2) is 2.44. The lowest BCUT2D eigenvalue weighted by Crippen LogP contribution is -1.82. The van der Waals surface area contributed by atoms with Crippen molar-refractivity contribution in [2.45, 2.75) is 13.8 Å². The van der Waals surface area contributed by atoms with E-state index in [0.29, 0.717) is 5.69 Å². The van der Waals surface area contributed by atoms with E-state index in [2.05, 4.69) is 9.96 Å².